The van der Waals surface area contributed by atoms with Gasteiger partial charge in [0.25, 0.3) is 5.91 Å². The Morgan fingerprint density at radius 1 is 1.47 bits per heavy atom. The highest BCUT2D eigenvalue weighted by molar-refractivity contribution is 5.99. The summed E-state index contributed by atoms with van der Waals surface area (Å²) in [6.45, 7) is 1.69. The molecule has 5 heteroatoms. The summed E-state index contributed by atoms with van der Waals surface area (Å²) in [4.78, 5) is 13.5. The van der Waals surface area contributed by atoms with Gasteiger partial charge in [-0.1, -0.05) is 12.5 Å². The van der Waals surface area contributed by atoms with Crippen LogP contribution in [0.2, 0.25) is 0 Å². The van der Waals surface area contributed by atoms with Gasteiger partial charge in [0.05, 0.1) is 11.3 Å². The van der Waals surface area contributed by atoms with Crippen LogP contribution >= 0.6 is 0 Å². The number of nitrogen functional groups attached to an aromatic ring is 1. The zero-order chi connectivity index (χ0) is 13.8. The van der Waals surface area contributed by atoms with Gasteiger partial charge in [-0.3, -0.25) is 4.79 Å². The fourth-order valence-corrected chi connectivity index (χ4v) is 2.43. The number of hydrogen-bond acceptors (Lipinski definition) is 4. The Hall–Kier alpha value is -1.75. The van der Waals surface area contributed by atoms with Gasteiger partial charge in [-0.25, -0.2) is 0 Å². The van der Waals surface area contributed by atoms with Crippen LogP contribution in [0.25, 0.3) is 0 Å². The second kappa shape index (κ2) is 5.93. The minimum Gasteiger partial charge on any atom is -0.490 e. The molecular weight excluding hydrogens is 242 g/mol. The highest BCUT2D eigenvalue weighted by Crippen LogP contribution is 2.26. The van der Waals surface area contributed by atoms with Crippen molar-refractivity contribution in [3.05, 3.63) is 23.8 Å². The summed E-state index contributed by atoms with van der Waals surface area (Å²) in [5, 5.41) is 0. The number of carbonyl (C=O) groups is 1. The summed E-state index contributed by atoms with van der Waals surface area (Å²) in [6.07, 6.45) is 3.60. The molecule has 0 saturated carbocycles. The number of para-hydroxylation sites is 1. The Bertz CT molecular complexity index is 462. The lowest BCUT2D eigenvalue weighted by Gasteiger charge is -2.32. The molecule has 1 atom stereocenters. The van der Waals surface area contributed by atoms with Crippen molar-refractivity contribution in [1.82, 2.24) is 4.90 Å². The van der Waals surface area contributed by atoms with Gasteiger partial charge in [0.1, 0.15) is 12.4 Å². The standard InChI is InChI=1S/C14H21N3O2/c1-17-8-3-2-5-10(17)9-19-12-7-4-6-11(13(12)15)14(16)18/h4,6-7,10H,2-3,5,8-9,15H2,1H3,(H2,16,18). The van der Waals surface area contributed by atoms with Gasteiger partial charge >= 0.3 is 0 Å². The van der Waals surface area contributed by atoms with E-state index in [-0.39, 0.29) is 0 Å². The summed E-state index contributed by atoms with van der Waals surface area (Å²) in [5.41, 5.74) is 11.8. The van der Waals surface area contributed by atoms with Crippen LogP contribution in [0.1, 0.15) is 29.6 Å². The van der Waals surface area contributed by atoms with Crippen LogP contribution in [0.5, 0.6) is 5.75 Å². The molecule has 1 fully saturated rings. The number of likely N-dealkylation sites (tertiary alicyclic amines) is 1. The monoisotopic (exact) mass is 263 g/mol. The van der Waals surface area contributed by atoms with Gasteiger partial charge in [-0.05, 0) is 38.6 Å². The first kappa shape index (κ1) is 13.7. The Labute approximate surface area is 113 Å². The third kappa shape index (κ3) is 3.17. The van der Waals surface area contributed by atoms with Crippen molar-refractivity contribution in [2.45, 2.75) is 25.3 Å². The normalized spacial score (nSPS) is 20.2. The van der Waals surface area contributed by atoms with Gasteiger partial charge in [0.15, 0.2) is 0 Å². The largest absolute Gasteiger partial charge is 0.490 e. The zero-order valence-electron chi connectivity index (χ0n) is 11.3. The van der Waals surface area contributed by atoms with E-state index in [1.807, 2.05) is 0 Å². The lowest BCUT2D eigenvalue weighted by atomic mass is 10.0. The minimum absolute atomic E-state index is 0.314. The van der Waals surface area contributed by atoms with Gasteiger partial charge in [-0.15, -0.1) is 0 Å². The molecule has 4 N–H and O–H groups in total. The molecule has 1 aromatic rings. The fraction of sp³-hybridized carbons (Fsp3) is 0.500. The predicted molar refractivity (Wildman–Crippen MR) is 75.1 cm³/mol. The van der Waals surface area contributed by atoms with Crippen LogP contribution in [0.3, 0.4) is 0 Å². The first-order valence-corrected chi connectivity index (χ1v) is 6.61. The molecule has 1 heterocycles. The molecule has 0 radical (unpaired) electrons. The van der Waals surface area contributed by atoms with E-state index in [4.69, 9.17) is 16.2 Å². The van der Waals surface area contributed by atoms with E-state index in [9.17, 15) is 4.79 Å². The minimum atomic E-state index is -0.530. The second-order valence-corrected chi connectivity index (χ2v) is 5.02. The molecule has 19 heavy (non-hydrogen) atoms. The Morgan fingerprint density at radius 2 is 2.26 bits per heavy atom. The molecule has 0 aromatic heterocycles. The molecule has 1 aliphatic heterocycles. The Morgan fingerprint density at radius 3 is 2.95 bits per heavy atom. The topological polar surface area (TPSA) is 81.6 Å². The van der Waals surface area contributed by atoms with Crippen LogP contribution in [-0.4, -0.2) is 37.0 Å². The number of ether oxygens (including phenoxy) is 1. The van der Waals surface area contributed by atoms with E-state index in [0.29, 0.717) is 29.6 Å². The van der Waals surface area contributed by atoms with E-state index in [2.05, 4.69) is 11.9 Å². The van der Waals surface area contributed by atoms with Gasteiger partial charge < -0.3 is 21.1 Å². The summed E-state index contributed by atoms with van der Waals surface area (Å²) < 4.78 is 5.76. The van der Waals surface area contributed by atoms with Crippen molar-refractivity contribution >= 4 is 11.6 Å². The number of primary amides is 1. The molecule has 104 valence electrons. The van der Waals surface area contributed by atoms with Gasteiger partial charge in [0.2, 0.25) is 0 Å². The smallest absolute Gasteiger partial charge is 0.250 e. The van der Waals surface area contributed by atoms with Crippen LogP contribution < -0.4 is 16.2 Å². The van der Waals surface area contributed by atoms with Crippen molar-refractivity contribution in [1.29, 1.82) is 0 Å². The van der Waals surface area contributed by atoms with Gasteiger partial charge in [-0.2, -0.15) is 0 Å². The number of rotatable bonds is 4. The zero-order valence-corrected chi connectivity index (χ0v) is 11.3. The third-order valence-electron chi connectivity index (χ3n) is 3.68. The summed E-state index contributed by atoms with van der Waals surface area (Å²) >= 11 is 0. The lowest BCUT2D eigenvalue weighted by Crippen LogP contribution is -2.40. The maximum absolute atomic E-state index is 11.2. The molecule has 1 unspecified atom stereocenters. The van der Waals surface area contributed by atoms with Crippen molar-refractivity contribution in [3.8, 4) is 5.75 Å². The highest BCUT2D eigenvalue weighted by atomic mass is 16.5. The Balaban J connectivity index is 2.03. The summed E-state index contributed by atoms with van der Waals surface area (Å²) in [5.74, 6) is 0.00741. The summed E-state index contributed by atoms with van der Waals surface area (Å²) in [7, 11) is 2.11. The Kier molecular flexibility index (Phi) is 4.27. The predicted octanol–water partition coefficient (Wildman–Crippen LogP) is 1.23. The van der Waals surface area contributed by atoms with E-state index in [1.165, 1.54) is 12.8 Å². The van der Waals surface area contributed by atoms with Crippen LogP contribution in [0.4, 0.5) is 5.69 Å². The number of nitrogens with zero attached hydrogens (tertiary/aromatic N) is 1. The van der Waals surface area contributed by atoms with E-state index in [0.717, 1.165) is 13.0 Å². The third-order valence-corrected chi connectivity index (χ3v) is 3.68. The molecule has 0 spiro atoms. The van der Waals surface area contributed by atoms with E-state index >= 15 is 0 Å². The van der Waals surface area contributed by atoms with Crippen molar-refractivity contribution in [3.63, 3.8) is 0 Å². The average molecular weight is 263 g/mol. The highest BCUT2D eigenvalue weighted by Gasteiger charge is 2.20. The molecule has 0 bridgehead atoms. The van der Waals surface area contributed by atoms with Gasteiger partial charge in [0, 0.05) is 6.04 Å². The molecule has 2 rings (SSSR count). The molecule has 1 aromatic carbocycles. The first-order chi connectivity index (χ1) is 9.09. The van der Waals surface area contributed by atoms with Crippen LogP contribution in [0, 0.1) is 0 Å². The van der Waals surface area contributed by atoms with Crippen molar-refractivity contribution in [2.75, 3.05) is 25.9 Å². The van der Waals surface area contributed by atoms with Crippen LogP contribution in [-0.2, 0) is 0 Å². The molecule has 0 aliphatic carbocycles. The number of benzene rings is 1. The molecule has 1 amide bonds. The second-order valence-electron chi connectivity index (χ2n) is 5.02. The number of hydrogen-bond donors (Lipinski definition) is 2. The average Bonchev–Trinajstić information content (AvgIpc) is 2.39. The number of piperidine rings is 1. The van der Waals surface area contributed by atoms with Crippen molar-refractivity contribution < 1.29 is 9.53 Å². The summed E-state index contributed by atoms with van der Waals surface area (Å²) in [6, 6.07) is 5.52. The maximum Gasteiger partial charge on any atom is 0.250 e. The number of nitrogens with two attached hydrogens (primary N) is 2. The number of amides is 1. The van der Waals surface area contributed by atoms with Crippen LogP contribution in [0.15, 0.2) is 18.2 Å². The SMILES string of the molecule is CN1CCCCC1COc1cccc(C(N)=O)c1N. The quantitative estimate of drug-likeness (QED) is 0.801. The number of likely N-dealkylation sites (N-methyl/N-ethyl adjacent to an activating group) is 1. The van der Waals surface area contributed by atoms with E-state index < -0.39 is 5.91 Å². The van der Waals surface area contributed by atoms with E-state index in [1.54, 1.807) is 18.2 Å². The molecule has 1 aliphatic rings. The number of carbonyl (C=O) groups excluding carboxylic acids is 1. The van der Waals surface area contributed by atoms with Crippen molar-refractivity contribution in [2.24, 2.45) is 5.73 Å². The number of anilines is 1. The first-order valence-electron chi connectivity index (χ1n) is 6.61. The molecular formula is C14H21N3O2. The maximum atomic E-state index is 11.2. The lowest BCUT2D eigenvalue weighted by molar-refractivity contribution is 0.1000. The molecule has 5 nitrogen and oxygen atoms in total. The molecule has 1 saturated heterocycles. The fourth-order valence-electron chi connectivity index (χ4n) is 2.43.